The average molecular weight is 334 g/mol. The molecule has 6 nitrogen and oxygen atoms in total. The standard InChI is InChI=1S/C18H30N4O2/c1-15(2)24-17-8-6-5-7-16(17)21-11-13-22(14-12-21)18(23)19-9-10-20(3)4/h5-8,15H,9-14H2,1-4H3,(H,19,23). The number of anilines is 1. The van der Waals surface area contributed by atoms with Crippen molar-refractivity contribution in [1.82, 2.24) is 15.1 Å². The highest BCUT2D eigenvalue weighted by Crippen LogP contribution is 2.29. The summed E-state index contributed by atoms with van der Waals surface area (Å²) in [7, 11) is 4.00. The van der Waals surface area contributed by atoms with Crippen molar-refractivity contribution >= 4 is 11.7 Å². The molecule has 0 atom stereocenters. The van der Waals surface area contributed by atoms with Crippen molar-refractivity contribution in [2.24, 2.45) is 0 Å². The fourth-order valence-corrected chi connectivity index (χ4v) is 2.72. The van der Waals surface area contributed by atoms with Gasteiger partial charge in [0, 0.05) is 39.3 Å². The van der Waals surface area contributed by atoms with E-state index in [1.165, 1.54) is 0 Å². The van der Waals surface area contributed by atoms with E-state index >= 15 is 0 Å². The summed E-state index contributed by atoms with van der Waals surface area (Å²) < 4.78 is 5.91. The molecule has 1 aromatic rings. The summed E-state index contributed by atoms with van der Waals surface area (Å²) in [5, 5.41) is 2.98. The lowest BCUT2D eigenvalue weighted by Gasteiger charge is -2.36. The topological polar surface area (TPSA) is 48.1 Å². The Morgan fingerprint density at radius 1 is 1.21 bits per heavy atom. The average Bonchev–Trinajstić information content (AvgIpc) is 2.54. The third-order valence-electron chi connectivity index (χ3n) is 3.97. The summed E-state index contributed by atoms with van der Waals surface area (Å²) in [5.41, 5.74) is 1.11. The van der Waals surface area contributed by atoms with E-state index in [0.29, 0.717) is 6.54 Å². The summed E-state index contributed by atoms with van der Waals surface area (Å²) in [6.07, 6.45) is 0.148. The Bertz CT molecular complexity index is 526. The highest BCUT2D eigenvalue weighted by Gasteiger charge is 2.22. The number of ether oxygens (including phenoxy) is 1. The predicted octanol–water partition coefficient (Wildman–Crippen LogP) is 1.87. The first kappa shape index (κ1) is 18.4. The van der Waals surface area contributed by atoms with Crippen LogP contribution in [-0.2, 0) is 0 Å². The van der Waals surface area contributed by atoms with Gasteiger partial charge >= 0.3 is 6.03 Å². The molecule has 0 aromatic heterocycles. The zero-order valence-corrected chi connectivity index (χ0v) is 15.3. The van der Waals surface area contributed by atoms with E-state index in [-0.39, 0.29) is 12.1 Å². The number of carbonyl (C=O) groups is 1. The van der Waals surface area contributed by atoms with Crippen molar-refractivity contribution in [1.29, 1.82) is 0 Å². The molecule has 24 heavy (non-hydrogen) atoms. The van der Waals surface area contributed by atoms with Crippen molar-refractivity contribution in [2.75, 3.05) is 58.3 Å². The molecule has 2 amide bonds. The Labute approximate surface area is 145 Å². The first-order valence-corrected chi connectivity index (χ1v) is 8.65. The number of para-hydroxylation sites is 2. The number of urea groups is 1. The van der Waals surface area contributed by atoms with Crippen LogP contribution in [0.25, 0.3) is 0 Å². The Balaban J connectivity index is 1.88. The van der Waals surface area contributed by atoms with Gasteiger partial charge in [-0.3, -0.25) is 0 Å². The van der Waals surface area contributed by atoms with Crippen LogP contribution in [0.15, 0.2) is 24.3 Å². The van der Waals surface area contributed by atoms with Gasteiger partial charge in [-0.25, -0.2) is 4.79 Å². The predicted molar refractivity (Wildman–Crippen MR) is 97.9 cm³/mol. The minimum Gasteiger partial charge on any atom is -0.489 e. The van der Waals surface area contributed by atoms with E-state index in [4.69, 9.17) is 4.74 Å². The van der Waals surface area contributed by atoms with Gasteiger partial charge in [0.25, 0.3) is 0 Å². The fraction of sp³-hybridized carbons (Fsp3) is 0.611. The quantitative estimate of drug-likeness (QED) is 0.863. The van der Waals surface area contributed by atoms with Gasteiger partial charge in [-0.05, 0) is 40.1 Å². The third kappa shape index (κ3) is 5.30. The Morgan fingerprint density at radius 2 is 1.88 bits per heavy atom. The highest BCUT2D eigenvalue weighted by molar-refractivity contribution is 5.74. The van der Waals surface area contributed by atoms with Crippen LogP contribution in [0.3, 0.4) is 0 Å². The molecule has 1 aromatic carbocycles. The molecule has 0 saturated carbocycles. The molecule has 0 aliphatic carbocycles. The lowest BCUT2D eigenvalue weighted by atomic mass is 10.2. The minimum atomic E-state index is 0.0308. The molecule has 134 valence electrons. The first-order valence-electron chi connectivity index (χ1n) is 8.65. The van der Waals surface area contributed by atoms with Crippen LogP contribution in [0.2, 0.25) is 0 Å². The molecule has 1 saturated heterocycles. The maximum atomic E-state index is 12.2. The SMILES string of the molecule is CC(C)Oc1ccccc1N1CCN(C(=O)NCCN(C)C)CC1. The molecule has 2 rings (SSSR count). The number of likely N-dealkylation sites (N-methyl/N-ethyl adjacent to an activating group) is 1. The van der Waals surface area contributed by atoms with Gasteiger partial charge < -0.3 is 24.8 Å². The summed E-state index contributed by atoms with van der Waals surface area (Å²) in [4.78, 5) is 18.4. The minimum absolute atomic E-state index is 0.0308. The molecule has 1 fully saturated rings. The van der Waals surface area contributed by atoms with E-state index in [1.54, 1.807) is 0 Å². The zero-order chi connectivity index (χ0) is 17.5. The molecule has 1 N–H and O–H groups in total. The lowest BCUT2D eigenvalue weighted by Crippen LogP contribution is -2.52. The van der Waals surface area contributed by atoms with Crippen molar-refractivity contribution < 1.29 is 9.53 Å². The molecule has 0 radical (unpaired) electrons. The van der Waals surface area contributed by atoms with E-state index in [9.17, 15) is 4.79 Å². The summed E-state index contributed by atoms with van der Waals surface area (Å²) >= 11 is 0. The molecule has 6 heteroatoms. The van der Waals surface area contributed by atoms with Crippen molar-refractivity contribution in [3.05, 3.63) is 24.3 Å². The number of hydrogen-bond acceptors (Lipinski definition) is 4. The Hall–Kier alpha value is -1.95. The van der Waals surface area contributed by atoms with E-state index < -0.39 is 0 Å². The van der Waals surface area contributed by atoms with Gasteiger partial charge in [0.05, 0.1) is 11.8 Å². The highest BCUT2D eigenvalue weighted by atomic mass is 16.5. The number of amides is 2. The molecule has 0 bridgehead atoms. The monoisotopic (exact) mass is 334 g/mol. The number of rotatable bonds is 6. The summed E-state index contributed by atoms with van der Waals surface area (Å²) in [6.45, 7) is 8.69. The van der Waals surface area contributed by atoms with Crippen LogP contribution >= 0.6 is 0 Å². The van der Waals surface area contributed by atoms with Crippen LogP contribution in [0.5, 0.6) is 5.75 Å². The molecular formula is C18H30N4O2. The largest absolute Gasteiger partial charge is 0.489 e. The van der Waals surface area contributed by atoms with Gasteiger partial charge in [-0.2, -0.15) is 0 Å². The number of hydrogen-bond donors (Lipinski definition) is 1. The van der Waals surface area contributed by atoms with Crippen LogP contribution in [0, 0.1) is 0 Å². The van der Waals surface area contributed by atoms with Crippen molar-refractivity contribution in [3.8, 4) is 5.75 Å². The summed E-state index contributed by atoms with van der Waals surface area (Å²) in [5.74, 6) is 0.913. The molecule has 0 unspecified atom stereocenters. The maximum absolute atomic E-state index is 12.2. The van der Waals surface area contributed by atoms with Crippen molar-refractivity contribution in [3.63, 3.8) is 0 Å². The smallest absolute Gasteiger partial charge is 0.317 e. The second-order valence-corrected chi connectivity index (χ2v) is 6.64. The van der Waals surface area contributed by atoms with E-state index in [0.717, 1.165) is 44.2 Å². The normalized spacial score (nSPS) is 15.1. The first-order chi connectivity index (χ1) is 11.5. The van der Waals surface area contributed by atoms with Gasteiger partial charge in [-0.1, -0.05) is 12.1 Å². The zero-order valence-electron chi connectivity index (χ0n) is 15.3. The van der Waals surface area contributed by atoms with Gasteiger partial charge in [0.15, 0.2) is 0 Å². The Kier molecular flexibility index (Phi) is 6.73. The third-order valence-corrected chi connectivity index (χ3v) is 3.97. The summed E-state index contributed by atoms with van der Waals surface area (Å²) in [6, 6.07) is 8.15. The fourth-order valence-electron chi connectivity index (χ4n) is 2.72. The van der Waals surface area contributed by atoms with E-state index in [1.807, 2.05) is 51.0 Å². The molecule has 1 aliphatic rings. The van der Waals surface area contributed by atoms with Crippen LogP contribution in [0.1, 0.15) is 13.8 Å². The molecule has 1 heterocycles. The van der Waals surface area contributed by atoms with Crippen LogP contribution in [0.4, 0.5) is 10.5 Å². The lowest BCUT2D eigenvalue weighted by molar-refractivity contribution is 0.193. The number of carbonyl (C=O) groups excluding carboxylic acids is 1. The number of benzene rings is 1. The second-order valence-electron chi connectivity index (χ2n) is 6.64. The number of piperazine rings is 1. The molecule has 0 spiro atoms. The van der Waals surface area contributed by atoms with Crippen LogP contribution < -0.4 is 15.0 Å². The number of nitrogens with zero attached hydrogens (tertiary/aromatic N) is 3. The van der Waals surface area contributed by atoms with Crippen molar-refractivity contribution in [2.45, 2.75) is 20.0 Å². The van der Waals surface area contributed by atoms with Gasteiger partial charge in [0.2, 0.25) is 0 Å². The Morgan fingerprint density at radius 3 is 2.50 bits per heavy atom. The van der Waals surface area contributed by atoms with Gasteiger partial charge in [-0.15, -0.1) is 0 Å². The number of nitrogens with one attached hydrogen (secondary N) is 1. The second kappa shape index (κ2) is 8.78. The maximum Gasteiger partial charge on any atom is 0.317 e. The van der Waals surface area contributed by atoms with Crippen LogP contribution in [-0.4, -0.2) is 75.3 Å². The van der Waals surface area contributed by atoms with Gasteiger partial charge in [0.1, 0.15) is 5.75 Å². The van der Waals surface area contributed by atoms with E-state index in [2.05, 4.69) is 21.2 Å². The molecular weight excluding hydrogens is 304 g/mol. The molecule has 1 aliphatic heterocycles.